The van der Waals surface area contributed by atoms with Crippen molar-refractivity contribution in [3.8, 4) is 0 Å². The van der Waals surface area contributed by atoms with E-state index < -0.39 is 5.97 Å². The van der Waals surface area contributed by atoms with Crippen molar-refractivity contribution >= 4 is 17.0 Å². The van der Waals surface area contributed by atoms with E-state index in [1.54, 1.807) is 6.07 Å². The highest BCUT2D eigenvalue weighted by atomic mass is 16.4. The van der Waals surface area contributed by atoms with Gasteiger partial charge < -0.3 is 9.67 Å². The van der Waals surface area contributed by atoms with Gasteiger partial charge in [0.05, 0.1) is 16.6 Å². The van der Waals surface area contributed by atoms with Gasteiger partial charge in [-0.15, -0.1) is 0 Å². The number of aromatic carboxylic acids is 1. The summed E-state index contributed by atoms with van der Waals surface area (Å²) in [5.74, 6) is 0.924. The van der Waals surface area contributed by atoms with Crippen molar-refractivity contribution in [2.24, 2.45) is 0 Å². The number of carboxylic acids is 1. The van der Waals surface area contributed by atoms with Gasteiger partial charge in [0.1, 0.15) is 5.82 Å². The van der Waals surface area contributed by atoms with E-state index in [1.165, 1.54) is 50.8 Å². The van der Waals surface area contributed by atoms with Gasteiger partial charge in [0.25, 0.3) is 0 Å². The Morgan fingerprint density at radius 3 is 2.57 bits per heavy atom. The first kappa shape index (κ1) is 12.9. The second kappa shape index (κ2) is 4.86. The average molecular weight is 284 g/mol. The first-order valence-corrected chi connectivity index (χ1v) is 7.99. The molecule has 1 aromatic carbocycles. The third-order valence-electron chi connectivity index (χ3n) is 4.85. The van der Waals surface area contributed by atoms with E-state index in [-0.39, 0.29) is 0 Å². The van der Waals surface area contributed by atoms with Crippen LogP contribution in [0.2, 0.25) is 0 Å². The maximum absolute atomic E-state index is 11.3. The highest BCUT2D eigenvalue weighted by Crippen LogP contribution is 2.43. The van der Waals surface area contributed by atoms with E-state index in [9.17, 15) is 9.90 Å². The summed E-state index contributed by atoms with van der Waals surface area (Å²) >= 11 is 0. The number of hydrogen-bond acceptors (Lipinski definition) is 2. The molecule has 110 valence electrons. The van der Waals surface area contributed by atoms with Crippen molar-refractivity contribution in [2.45, 2.75) is 56.9 Å². The first-order valence-electron chi connectivity index (χ1n) is 7.99. The van der Waals surface area contributed by atoms with Crippen LogP contribution in [0.4, 0.5) is 0 Å². The Labute approximate surface area is 123 Å². The van der Waals surface area contributed by atoms with Gasteiger partial charge in [-0.1, -0.05) is 19.3 Å². The van der Waals surface area contributed by atoms with Gasteiger partial charge in [-0.2, -0.15) is 0 Å². The van der Waals surface area contributed by atoms with Gasteiger partial charge in [0.15, 0.2) is 0 Å². The van der Waals surface area contributed by atoms with Crippen LogP contribution in [0, 0.1) is 0 Å². The van der Waals surface area contributed by atoms with E-state index in [0.717, 1.165) is 11.0 Å². The van der Waals surface area contributed by atoms with Crippen molar-refractivity contribution in [1.29, 1.82) is 0 Å². The van der Waals surface area contributed by atoms with Gasteiger partial charge >= 0.3 is 5.97 Å². The fourth-order valence-corrected chi connectivity index (χ4v) is 3.60. The molecule has 0 spiro atoms. The van der Waals surface area contributed by atoms with Crippen LogP contribution in [-0.2, 0) is 0 Å². The number of aromatic nitrogens is 2. The Balaban J connectivity index is 1.88. The van der Waals surface area contributed by atoms with Gasteiger partial charge in [-0.3, -0.25) is 0 Å². The van der Waals surface area contributed by atoms with E-state index >= 15 is 0 Å². The predicted octanol–water partition coefficient (Wildman–Crippen LogP) is 4.12. The molecular weight excluding hydrogens is 264 g/mol. The van der Waals surface area contributed by atoms with Gasteiger partial charge in [0.2, 0.25) is 0 Å². The molecule has 0 aliphatic heterocycles. The first-order chi connectivity index (χ1) is 10.2. The molecule has 2 aliphatic carbocycles. The molecule has 1 aromatic heterocycles. The van der Waals surface area contributed by atoms with Crippen molar-refractivity contribution < 1.29 is 9.90 Å². The normalized spacial score (nSPS) is 20.0. The van der Waals surface area contributed by atoms with Crippen LogP contribution in [0.1, 0.15) is 73.1 Å². The van der Waals surface area contributed by atoms with Crippen molar-refractivity contribution in [1.82, 2.24) is 9.55 Å². The van der Waals surface area contributed by atoms with Gasteiger partial charge in [-0.05, 0) is 43.9 Å². The molecule has 1 heterocycles. The standard InChI is InChI=1S/C17H20N2O2/c20-17(21)12-8-9-14-15(10-12)19(13-4-2-1-3-5-13)16(18-14)11-6-7-11/h8-11,13H,1-7H2,(H,20,21). The van der Waals surface area contributed by atoms with Crippen molar-refractivity contribution in [3.63, 3.8) is 0 Å². The summed E-state index contributed by atoms with van der Waals surface area (Å²) in [5, 5.41) is 9.24. The third kappa shape index (κ3) is 2.23. The van der Waals surface area contributed by atoms with Crippen LogP contribution in [0.5, 0.6) is 0 Å². The lowest BCUT2D eigenvalue weighted by Gasteiger charge is -2.25. The number of carbonyl (C=O) groups is 1. The van der Waals surface area contributed by atoms with Crippen LogP contribution < -0.4 is 0 Å². The summed E-state index contributed by atoms with van der Waals surface area (Å²) in [7, 11) is 0. The molecule has 0 saturated heterocycles. The molecule has 0 atom stereocenters. The minimum absolute atomic E-state index is 0.363. The van der Waals surface area contributed by atoms with Crippen molar-refractivity contribution in [2.75, 3.05) is 0 Å². The van der Waals surface area contributed by atoms with Crippen LogP contribution >= 0.6 is 0 Å². The molecule has 0 unspecified atom stereocenters. The number of imidazole rings is 1. The Morgan fingerprint density at radius 2 is 1.90 bits per heavy atom. The zero-order valence-corrected chi connectivity index (χ0v) is 12.1. The summed E-state index contributed by atoms with van der Waals surface area (Å²) in [4.78, 5) is 16.1. The molecule has 2 fully saturated rings. The van der Waals surface area contributed by atoms with Crippen LogP contribution in [0.3, 0.4) is 0 Å². The monoisotopic (exact) mass is 284 g/mol. The summed E-state index contributed by atoms with van der Waals surface area (Å²) in [6.07, 6.45) is 8.71. The Hall–Kier alpha value is -1.84. The lowest BCUT2D eigenvalue weighted by atomic mass is 9.95. The number of rotatable bonds is 3. The number of nitrogens with zero attached hydrogens (tertiary/aromatic N) is 2. The van der Waals surface area contributed by atoms with Crippen LogP contribution in [0.25, 0.3) is 11.0 Å². The number of fused-ring (bicyclic) bond motifs is 1. The van der Waals surface area contributed by atoms with E-state index in [4.69, 9.17) is 4.98 Å². The second-order valence-corrected chi connectivity index (χ2v) is 6.41. The number of benzene rings is 1. The molecule has 4 heteroatoms. The van der Waals surface area contributed by atoms with Crippen molar-refractivity contribution in [3.05, 3.63) is 29.6 Å². The highest BCUT2D eigenvalue weighted by molar-refractivity contribution is 5.92. The van der Waals surface area contributed by atoms with Crippen LogP contribution in [0.15, 0.2) is 18.2 Å². The lowest BCUT2D eigenvalue weighted by molar-refractivity contribution is 0.0697. The molecule has 2 saturated carbocycles. The topological polar surface area (TPSA) is 55.1 Å². The molecule has 21 heavy (non-hydrogen) atoms. The summed E-state index contributed by atoms with van der Waals surface area (Å²) in [6.45, 7) is 0. The summed E-state index contributed by atoms with van der Waals surface area (Å²) in [6, 6.07) is 5.85. The fraction of sp³-hybridized carbons (Fsp3) is 0.529. The molecule has 4 rings (SSSR count). The maximum Gasteiger partial charge on any atom is 0.335 e. The maximum atomic E-state index is 11.3. The number of hydrogen-bond donors (Lipinski definition) is 1. The zero-order chi connectivity index (χ0) is 14.4. The molecule has 0 radical (unpaired) electrons. The molecule has 2 aromatic rings. The summed E-state index contributed by atoms with van der Waals surface area (Å²) in [5.41, 5.74) is 2.33. The highest BCUT2D eigenvalue weighted by Gasteiger charge is 2.32. The number of carboxylic acid groups (broad SMARTS) is 1. The van der Waals surface area contributed by atoms with Gasteiger partial charge in [-0.25, -0.2) is 9.78 Å². The largest absolute Gasteiger partial charge is 0.478 e. The molecular formula is C17H20N2O2. The average Bonchev–Trinajstić information content (AvgIpc) is 3.28. The summed E-state index contributed by atoms with van der Waals surface area (Å²) < 4.78 is 2.37. The zero-order valence-electron chi connectivity index (χ0n) is 12.1. The molecule has 1 N–H and O–H groups in total. The lowest BCUT2D eigenvalue weighted by Crippen LogP contribution is -2.15. The molecule has 2 aliphatic rings. The Kier molecular flexibility index (Phi) is 2.98. The van der Waals surface area contributed by atoms with E-state index in [1.807, 2.05) is 12.1 Å². The second-order valence-electron chi connectivity index (χ2n) is 6.41. The molecule has 0 amide bonds. The smallest absolute Gasteiger partial charge is 0.335 e. The fourth-order valence-electron chi connectivity index (χ4n) is 3.60. The Morgan fingerprint density at radius 1 is 1.14 bits per heavy atom. The minimum atomic E-state index is -0.860. The predicted molar refractivity (Wildman–Crippen MR) is 80.8 cm³/mol. The third-order valence-corrected chi connectivity index (χ3v) is 4.85. The van der Waals surface area contributed by atoms with Crippen LogP contribution in [-0.4, -0.2) is 20.6 Å². The van der Waals surface area contributed by atoms with Gasteiger partial charge in [0, 0.05) is 12.0 Å². The van der Waals surface area contributed by atoms with E-state index in [2.05, 4.69) is 4.57 Å². The quantitative estimate of drug-likeness (QED) is 0.922. The molecule has 4 nitrogen and oxygen atoms in total. The van der Waals surface area contributed by atoms with E-state index in [0.29, 0.717) is 17.5 Å². The molecule has 0 bridgehead atoms. The Bertz CT molecular complexity index is 694. The minimum Gasteiger partial charge on any atom is -0.478 e. The SMILES string of the molecule is O=C(O)c1ccc2nc(C3CC3)n(C3CCCCC3)c2c1.